The molecule has 0 fully saturated rings. The third-order valence-electron chi connectivity index (χ3n) is 6.03. The lowest BCUT2D eigenvalue weighted by Gasteiger charge is -2.32. The first-order valence-corrected chi connectivity index (χ1v) is 11.1. The van der Waals surface area contributed by atoms with Gasteiger partial charge in [-0.05, 0) is 37.6 Å². The van der Waals surface area contributed by atoms with Crippen molar-refractivity contribution in [1.29, 1.82) is 0 Å². The van der Waals surface area contributed by atoms with Crippen LogP contribution in [0.5, 0.6) is 23.0 Å². The smallest absolute Gasteiger partial charge is 0.164 e. The zero-order valence-electron chi connectivity index (χ0n) is 19.3. The molecule has 0 saturated heterocycles. The summed E-state index contributed by atoms with van der Waals surface area (Å²) >= 11 is 0. The van der Waals surface area contributed by atoms with Crippen molar-refractivity contribution in [3.8, 4) is 23.0 Å². The van der Waals surface area contributed by atoms with E-state index in [0.29, 0.717) is 18.1 Å². The second kappa shape index (κ2) is 10.0. The van der Waals surface area contributed by atoms with E-state index in [0.717, 1.165) is 43.1 Å². The zero-order chi connectivity index (χ0) is 22.5. The zero-order valence-corrected chi connectivity index (χ0v) is 19.3. The van der Waals surface area contributed by atoms with Gasteiger partial charge in [0, 0.05) is 48.7 Å². The summed E-state index contributed by atoms with van der Waals surface area (Å²) in [5.41, 5.74) is 3.47. The molecule has 0 aliphatic carbocycles. The lowest BCUT2D eigenvalue weighted by Crippen LogP contribution is -2.30. The number of methoxy groups -OCH3 is 3. The Balaban J connectivity index is 1.83. The molecule has 0 radical (unpaired) electrons. The SMILES string of the molecule is CCOc1ccccc1CN1CCCn2cccc2[C@H]1c1cc(OC)c(OC)cc1OC. The number of nitrogens with zero attached hydrogens (tertiary/aromatic N) is 2. The van der Waals surface area contributed by atoms with Gasteiger partial charge in [0.15, 0.2) is 11.5 Å². The highest BCUT2D eigenvalue weighted by molar-refractivity contribution is 5.53. The van der Waals surface area contributed by atoms with Crippen molar-refractivity contribution in [3.63, 3.8) is 0 Å². The average Bonchev–Trinajstić information content (AvgIpc) is 3.21. The highest BCUT2D eigenvalue weighted by Crippen LogP contribution is 2.43. The van der Waals surface area contributed by atoms with E-state index in [9.17, 15) is 0 Å². The lowest BCUT2D eigenvalue weighted by atomic mass is 9.99. The molecule has 0 saturated carbocycles. The minimum absolute atomic E-state index is 0.00283. The monoisotopic (exact) mass is 436 g/mol. The van der Waals surface area contributed by atoms with Gasteiger partial charge in [-0.1, -0.05) is 18.2 Å². The maximum atomic E-state index is 5.92. The summed E-state index contributed by atoms with van der Waals surface area (Å²) in [5.74, 6) is 3.07. The summed E-state index contributed by atoms with van der Waals surface area (Å²) in [5, 5.41) is 0. The molecular weight excluding hydrogens is 404 g/mol. The molecule has 0 amide bonds. The van der Waals surface area contributed by atoms with Crippen molar-refractivity contribution < 1.29 is 18.9 Å². The number of ether oxygens (including phenoxy) is 4. The molecule has 170 valence electrons. The first kappa shape index (κ1) is 22.1. The third kappa shape index (κ3) is 4.28. The third-order valence-corrected chi connectivity index (χ3v) is 6.03. The van der Waals surface area contributed by atoms with Crippen molar-refractivity contribution in [1.82, 2.24) is 9.47 Å². The van der Waals surface area contributed by atoms with Gasteiger partial charge < -0.3 is 23.5 Å². The van der Waals surface area contributed by atoms with Gasteiger partial charge in [-0.3, -0.25) is 4.90 Å². The van der Waals surface area contributed by atoms with Crippen LogP contribution in [-0.4, -0.2) is 43.9 Å². The number of fused-ring (bicyclic) bond motifs is 1. The molecular formula is C26H32N2O4. The summed E-state index contributed by atoms with van der Waals surface area (Å²) in [6.07, 6.45) is 3.22. The number of hydrogen-bond donors (Lipinski definition) is 0. The Morgan fingerprint density at radius 2 is 1.59 bits per heavy atom. The normalized spacial score (nSPS) is 16.2. The minimum Gasteiger partial charge on any atom is -0.496 e. The van der Waals surface area contributed by atoms with Crippen molar-refractivity contribution in [2.75, 3.05) is 34.5 Å². The quantitative estimate of drug-likeness (QED) is 0.502. The van der Waals surface area contributed by atoms with Crippen molar-refractivity contribution in [2.24, 2.45) is 0 Å². The number of hydrogen-bond acceptors (Lipinski definition) is 5. The average molecular weight is 437 g/mol. The summed E-state index contributed by atoms with van der Waals surface area (Å²) in [6, 6.07) is 16.6. The number of para-hydroxylation sites is 1. The standard InChI is InChI=1S/C26H32N2O4/c1-5-32-22-12-7-6-10-19(22)18-28-15-9-14-27-13-8-11-21(27)26(28)20-16-24(30-3)25(31-4)17-23(20)29-2/h6-8,10-13,16-17,26H,5,9,14-15,18H2,1-4H3/t26-/m1/s1. The van der Waals surface area contributed by atoms with Gasteiger partial charge in [-0.2, -0.15) is 0 Å². The number of aryl methyl sites for hydroxylation is 1. The molecule has 1 atom stereocenters. The van der Waals surface area contributed by atoms with Crippen LogP contribution in [0.3, 0.4) is 0 Å². The summed E-state index contributed by atoms with van der Waals surface area (Å²) in [7, 11) is 5.01. The molecule has 2 aromatic carbocycles. The molecule has 1 aromatic heterocycles. The van der Waals surface area contributed by atoms with Crippen LogP contribution in [0.4, 0.5) is 0 Å². The van der Waals surface area contributed by atoms with Crippen LogP contribution in [0, 0.1) is 0 Å². The lowest BCUT2D eigenvalue weighted by molar-refractivity contribution is 0.211. The van der Waals surface area contributed by atoms with Crippen molar-refractivity contribution in [3.05, 3.63) is 71.5 Å². The summed E-state index contributed by atoms with van der Waals surface area (Å²) in [4.78, 5) is 2.50. The molecule has 1 aliphatic rings. The predicted octanol–water partition coefficient (Wildman–Crippen LogP) is 4.91. The molecule has 0 bridgehead atoms. The second-order valence-corrected chi connectivity index (χ2v) is 7.84. The molecule has 0 N–H and O–H groups in total. The molecule has 0 spiro atoms. The molecule has 4 rings (SSSR count). The Bertz CT molecular complexity index is 1050. The molecule has 3 aromatic rings. The van der Waals surface area contributed by atoms with Gasteiger partial charge in [0.2, 0.25) is 0 Å². The fourth-order valence-electron chi connectivity index (χ4n) is 4.58. The van der Waals surface area contributed by atoms with Crippen molar-refractivity contribution in [2.45, 2.75) is 32.5 Å². The Morgan fingerprint density at radius 1 is 0.844 bits per heavy atom. The van der Waals surface area contributed by atoms with Crippen molar-refractivity contribution >= 4 is 0 Å². The Hall–Kier alpha value is -3.12. The van der Waals surface area contributed by atoms with Gasteiger partial charge in [0.05, 0.1) is 34.0 Å². The highest BCUT2D eigenvalue weighted by atomic mass is 16.5. The number of benzene rings is 2. The van der Waals surface area contributed by atoms with Crippen LogP contribution in [0.25, 0.3) is 0 Å². The topological polar surface area (TPSA) is 45.1 Å². The van der Waals surface area contributed by atoms with Crippen LogP contribution >= 0.6 is 0 Å². The molecule has 32 heavy (non-hydrogen) atoms. The molecule has 2 heterocycles. The molecule has 0 unspecified atom stereocenters. The van der Waals surface area contributed by atoms with E-state index in [1.165, 1.54) is 11.3 Å². The Kier molecular flexibility index (Phi) is 6.90. The van der Waals surface area contributed by atoms with E-state index in [-0.39, 0.29) is 6.04 Å². The molecule has 6 heteroatoms. The van der Waals surface area contributed by atoms with Crippen LogP contribution in [0.15, 0.2) is 54.7 Å². The fourth-order valence-corrected chi connectivity index (χ4v) is 4.58. The highest BCUT2D eigenvalue weighted by Gasteiger charge is 2.31. The van der Waals surface area contributed by atoms with Crippen LogP contribution in [0.2, 0.25) is 0 Å². The first-order chi connectivity index (χ1) is 15.7. The molecule has 6 nitrogen and oxygen atoms in total. The van der Waals surface area contributed by atoms with E-state index >= 15 is 0 Å². The van der Waals surface area contributed by atoms with E-state index in [1.807, 2.05) is 31.2 Å². The van der Waals surface area contributed by atoms with E-state index in [4.69, 9.17) is 18.9 Å². The van der Waals surface area contributed by atoms with Gasteiger partial charge in [-0.15, -0.1) is 0 Å². The summed E-state index contributed by atoms with van der Waals surface area (Å²) in [6.45, 7) is 5.37. The fraction of sp³-hybridized carbons (Fsp3) is 0.385. The Morgan fingerprint density at radius 3 is 2.34 bits per heavy atom. The number of aromatic nitrogens is 1. The number of rotatable bonds is 8. The van der Waals surface area contributed by atoms with Gasteiger partial charge in [0.1, 0.15) is 11.5 Å². The minimum atomic E-state index is -0.00283. The predicted molar refractivity (Wildman–Crippen MR) is 125 cm³/mol. The summed E-state index contributed by atoms with van der Waals surface area (Å²) < 4.78 is 25.3. The van der Waals surface area contributed by atoms with Gasteiger partial charge in [-0.25, -0.2) is 0 Å². The van der Waals surface area contributed by atoms with Crippen LogP contribution in [-0.2, 0) is 13.1 Å². The maximum Gasteiger partial charge on any atom is 0.164 e. The van der Waals surface area contributed by atoms with E-state index in [1.54, 1.807) is 21.3 Å². The second-order valence-electron chi connectivity index (χ2n) is 7.84. The van der Waals surface area contributed by atoms with Crippen LogP contribution < -0.4 is 18.9 Å². The van der Waals surface area contributed by atoms with E-state index < -0.39 is 0 Å². The van der Waals surface area contributed by atoms with Gasteiger partial charge >= 0.3 is 0 Å². The first-order valence-electron chi connectivity index (χ1n) is 11.1. The largest absolute Gasteiger partial charge is 0.496 e. The maximum absolute atomic E-state index is 5.92. The molecule has 1 aliphatic heterocycles. The van der Waals surface area contributed by atoms with Crippen LogP contribution in [0.1, 0.15) is 36.2 Å². The Labute approximate surface area is 190 Å². The van der Waals surface area contributed by atoms with E-state index in [2.05, 4.69) is 39.9 Å². The van der Waals surface area contributed by atoms with Gasteiger partial charge in [0.25, 0.3) is 0 Å².